The van der Waals surface area contributed by atoms with Gasteiger partial charge in [0.2, 0.25) is 0 Å². The van der Waals surface area contributed by atoms with Crippen LogP contribution in [0.4, 0.5) is 4.39 Å². The first-order valence-corrected chi connectivity index (χ1v) is 7.64. The topological polar surface area (TPSA) is 29.9 Å². The van der Waals surface area contributed by atoms with Gasteiger partial charge in [-0.05, 0) is 49.5 Å². The molecule has 114 valence electrons. The second-order valence-electron chi connectivity index (χ2n) is 5.56. The zero-order valence-corrected chi connectivity index (χ0v) is 13.2. The molecule has 2 aromatic rings. The minimum Gasteiger partial charge on any atom is -0.316 e. The molecule has 2 rings (SSSR count). The van der Waals surface area contributed by atoms with Gasteiger partial charge in [0.05, 0.1) is 11.2 Å². The first-order chi connectivity index (χ1) is 10.1. The fourth-order valence-corrected chi connectivity index (χ4v) is 2.38. The summed E-state index contributed by atoms with van der Waals surface area (Å²) in [6, 6.07) is 4.64. The average molecular weight is 310 g/mol. The number of halogens is 2. The summed E-state index contributed by atoms with van der Waals surface area (Å²) in [5.41, 5.74) is 1.39. The molecule has 1 N–H and O–H groups in total. The Bertz CT molecular complexity index is 560. The Balaban J connectivity index is 1.93. The highest BCUT2D eigenvalue weighted by atomic mass is 35.5. The van der Waals surface area contributed by atoms with Crippen LogP contribution in [0.3, 0.4) is 0 Å². The number of para-hydroxylation sites is 1. The van der Waals surface area contributed by atoms with Crippen LogP contribution in [-0.2, 0) is 6.42 Å². The summed E-state index contributed by atoms with van der Waals surface area (Å²) in [6.45, 7) is 6.39. The second-order valence-corrected chi connectivity index (χ2v) is 5.97. The Morgan fingerprint density at radius 2 is 2.19 bits per heavy atom. The summed E-state index contributed by atoms with van der Waals surface area (Å²) >= 11 is 6.04. The molecule has 1 heterocycles. The van der Waals surface area contributed by atoms with Crippen molar-refractivity contribution < 1.29 is 4.39 Å². The largest absolute Gasteiger partial charge is 0.316 e. The van der Waals surface area contributed by atoms with Crippen LogP contribution in [0, 0.1) is 11.7 Å². The van der Waals surface area contributed by atoms with E-state index in [-0.39, 0.29) is 5.82 Å². The van der Waals surface area contributed by atoms with E-state index in [2.05, 4.69) is 24.3 Å². The van der Waals surface area contributed by atoms with Gasteiger partial charge >= 0.3 is 0 Å². The molecule has 0 radical (unpaired) electrons. The van der Waals surface area contributed by atoms with E-state index in [1.165, 1.54) is 10.7 Å². The SMILES string of the molecule is CC(C)CNCCCc1cnn(-c2c(F)cccc2Cl)c1. The van der Waals surface area contributed by atoms with Gasteiger partial charge in [0.15, 0.2) is 0 Å². The molecule has 0 aliphatic heterocycles. The van der Waals surface area contributed by atoms with Gasteiger partial charge in [0.1, 0.15) is 11.5 Å². The predicted molar refractivity (Wildman–Crippen MR) is 84.6 cm³/mol. The number of nitrogens with zero attached hydrogens (tertiary/aromatic N) is 2. The first kappa shape index (κ1) is 16.0. The van der Waals surface area contributed by atoms with Crippen LogP contribution in [0.1, 0.15) is 25.8 Å². The van der Waals surface area contributed by atoms with Crippen LogP contribution in [0.5, 0.6) is 0 Å². The summed E-state index contributed by atoms with van der Waals surface area (Å²) < 4.78 is 15.3. The third-order valence-electron chi connectivity index (χ3n) is 3.17. The summed E-state index contributed by atoms with van der Waals surface area (Å²) in [4.78, 5) is 0. The van der Waals surface area contributed by atoms with Crippen molar-refractivity contribution in [2.45, 2.75) is 26.7 Å². The van der Waals surface area contributed by atoms with E-state index >= 15 is 0 Å². The predicted octanol–water partition coefficient (Wildman–Crippen LogP) is 3.84. The number of hydrogen-bond acceptors (Lipinski definition) is 2. The molecule has 0 fully saturated rings. The summed E-state index contributed by atoms with van der Waals surface area (Å²) in [7, 11) is 0. The van der Waals surface area contributed by atoms with Crippen LogP contribution in [0.15, 0.2) is 30.6 Å². The Kier molecular flexibility index (Phi) is 5.76. The summed E-state index contributed by atoms with van der Waals surface area (Å²) in [5, 5.41) is 7.97. The molecule has 0 aliphatic rings. The molecule has 0 saturated heterocycles. The van der Waals surface area contributed by atoms with Crippen LogP contribution < -0.4 is 5.32 Å². The molecule has 0 bridgehead atoms. The molecular weight excluding hydrogens is 289 g/mol. The number of benzene rings is 1. The van der Waals surface area contributed by atoms with Crippen LogP contribution in [0.25, 0.3) is 5.69 Å². The lowest BCUT2D eigenvalue weighted by Gasteiger charge is -2.06. The molecule has 3 nitrogen and oxygen atoms in total. The lowest BCUT2D eigenvalue weighted by molar-refractivity contribution is 0.543. The van der Waals surface area contributed by atoms with Gasteiger partial charge in [-0.15, -0.1) is 0 Å². The molecule has 5 heteroatoms. The molecule has 0 spiro atoms. The lowest BCUT2D eigenvalue weighted by atomic mass is 10.2. The fraction of sp³-hybridized carbons (Fsp3) is 0.438. The summed E-state index contributed by atoms with van der Waals surface area (Å²) in [5.74, 6) is 0.298. The molecule has 1 aromatic carbocycles. The highest BCUT2D eigenvalue weighted by molar-refractivity contribution is 6.32. The van der Waals surface area contributed by atoms with E-state index in [9.17, 15) is 4.39 Å². The van der Waals surface area contributed by atoms with Gasteiger partial charge in [0.25, 0.3) is 0 Å². The van der Waals surface area contributed by atoms with Gasteiger partial charge < -0.3 is 5.32 Å². The zero-order chi connectivity index (χ0) is 15.2. The van der Waals surface area contributed by atoms with Crippen LogP contribution in [0.2, 0.25) is 5.02 Å². The highest BCUT2D eigenvalue weighted by Crippen LogP contribution is 2.23. The number of hydrogen-bond donors (Lipinski definition) is 1. The number of aromatic nitrogens is 2. The monoisotopic (exact) mass is 309 g/mol. The molecular formula is C16H21ClFN3. The normalized spacial score (nSPS) is 11.3. The van der Waals surface area contributed by atoms with Crippen molar-refractivity contribution in [2.24, 2.45) is 5.92 Å². The van der Waals surface area contributed by atoms with E-state index in [4.69, 9.17) is 11.6 Å². The molecule has 0 saturated carbocycles. The molecule has 0 amide bonds. The summed E-state index contributed by atoms with van der Waals surface area (Å²) in [6.07, 6.45) is 5.55. The van der Waals surface area contributed by atoms with E-state index in [1.54, 1.807) is 18.3 Å². The molecule has 1 aromatic heterocycles. The van der Waals surface area contributed by atoms with Crippen molar-refractivity contribution in [3.8, 4) is 5.69 Å². The minimum absolute atomic E-state index is 0.309. The lowest BCUT2D eigenvalue weighted by Crippen LogP contribution is -2.20. The molecule has 0 unspecified atom stereocenters. The number of rotatable bonds is 7. The van der Waals surface area contributed by atoms with Crippen molar-refractivity contribution in [1.29, 1.82) is 0 Å². The maximum absolute atomic E-state index is 13.8. The smallest absolute Gasteiger partial charge is 0.150 e. The third kappa shape index (κ3) is 4.55. The Hall–Kier alpha value is -1.39. The van der Waals surface area contributed by atoms with Gasteiger partial charge in [-0.3, -0.25) is 0 Å². The Morgan fingerprint density at radius 3 is 2.90 bits per heavy atom. The van der Waals surface area contributed by atoms with Crippen LogP contribution >= 0.6 is 11.6 Å². The van der Waals surface area contributed by atoms with E-state index in [0.29, 0.717) is 16.6 Å². The standard InChI is InChI=1S/C16H21ClFN3/c1-12(2)9-19-8-4-5-13-10-20-21(11-13)16-14(17)6-3-7-15(16)18/h3,6-7,10-12,19H,4-5,8-9H2,1-2H3. The maximum Gasteiger partial charge on any atom is 0.150 e. The average Bonchev–Trinajstić information content (AvgIpc) is 2.86. The van der Waals surface area contributed by atoms with Crippen molar-refractivity contribution in [1.82, 2.24) is 15.1 Å². The van der Waals surface area contributed by atoms with Crippen molar-refractivity contribution in [2.75, 3.05) is 13.1 Å². The van der Waals surface area contributed by atoms with Gasteiger partial charge in [0, 0.05) is 6.20 Å². The Morgan fingerprint density at radius 1 is 1.38 bits per heavy atom. The van der Waals surface area contributed by atoms with Crippen molar-refractivity contribution >= 4 is 11.6 Å². The van der Waals surface area contributed by atoms with Gasteiger partial charge in [-0.2, -0.15) is 5.10 Å². The third-order valence-corrected chi connectivity index (χ3v) is 3.48. The molecule has 21 heavy (non-hydrogen) atoms. The Labute approximate surface area is 130 Å². The maximum atomic E-state index is 13.8. The number of aryl methyl sites for hydroxylation is 1. The minimum atomic E-state index is -0.365. The quantitative estimate of drug-likeness (QED) is 0.787. The van der Waals surface area contributed by atoms with E-state index in [0.717, 1.165) is 31.5 Å². The highest BCUT2D eigenvalue weighted by Gasteiger charge is 2.10. The van der Waals surface area contributed by atoms with Gasteiger partial charge in [-0.1, -0.05) is 31.5 Å². The van der Waals surface area contributed by atoms with Gasteiger partial charge in [-0.25, -0.2) is 9.07 Å². The fourth-order valence-electron chi connectivity index (χ4n) is 2.13. The first-order valence-electron chi connectivity index (χ1n) is 7.26. The van der Waals surface area contributed by atoms with Crippen LogP contribution in [-0.4, -0.2) is 22.9 Å². The van der Waals surface area contributed by atoms with Crippen molar-refractivity contribution in [3.05, 3.63) is 47.0 Å². The number of nitrogens with one attached hydrogen (secondary N) is 1. The second kappa shape index (κ2) is 7.57. The van der Waals surface area contributed by atoms with E-state index in [1.807, 2.05) is 6.20 Å². The van der Waals surface area contributed by atoms with E-state index < -0.39 is 0 Å². The molecule has 0 aliphatic carbocycles. The zero-order valence-electron chi connectivity index (χ0n) is 12.4. The molecule has 0 atom stereocenters. The van der Waals surface area contributed by atoms with Crippen molar-refractivity contribution in [3.63, 3.8) is 0 Å².